The van der Waals surface area contributed by atoms with Crippen LogP contribution in [0.15, 0.2) is 34.9 Å². The van der Waals surface area contributed by atoms with Gasteiger partial charge in [0.25, 0.3) is 0 Å². The third-order valence-corrected chi connectivity index (χ3v) is 3.07. The van der Waals surface area contributed by atoms with E-state index in [2.05, 4.69) is 5.32 Å². The Bertz CT molecular complexity index is 529. The van der Waals surface area contributed by atoms with Crippen molar-refractivity contribution in [3.63, 3.8) is 0 Å². The second-order valence-corrected chi connectivity index (χ2v) is 4.84. The molecule has 0 aliphatic heterocycles. The molecule has 1 heterocycles. The molecule has 0 saturated heterocycles. The van der Waals surface area contributed by atoms with Crippen LogP contribution in [0.4, 0.5) is 0 Å². The van der Waals surface area contributed by atoms with E-state index < -0.39 is 0 Å². The monoisotopic (exact) mass is 335 g/mol. The van der Waals surface area contributed by atoms with Crippen molar-refractivity contribution < 1.29 is 9.15 Å². The number of furan rings is 1. The second kappa shape index (κ2) is 8.42. The molecular formula is C14H16Cl3NO2. The zero-order chi connectivity index (χ0) is 13.7. The highest BCUT2D eigenvalue weighted by Gasteiger charge is 2.10. The summed E-state index contributed by atoms with van der Waals surface area (Å²) in [4.78, 5) is 0. The van der Waals surface area contributed by atoms with Gasteiger partial charge in [-0.15, -0.1) is 12.4 Å². The van der Waals surface area contributed by atoms with Crippen LogP contribution in [0.25, 0.3) is 0 Å². The van der Waals surface area contributed by atoms with E-state index in [1.807, 2.05) is 25.1 Å². The smallest absolute Gasteiger partial charge is 0.142 e. The molecule has 1 N–H and O–H groups in total. The van der Waals surface area contributed by atoms with Crippen LogP contribution in [0.5, 0.6) is 5.75 Å². The van der Waals surface area contributed by atoms with Crippen LogP contribution in [0.2, 0.25) is 10.0 Å². The summed E-state index contributed by atoms with van der Waals surface area (Å²) in [5.41, 5.74) is 0.936. The second-order valence-electron chi connectivity index (χ2n) is 3.99. The minimum atomic E-state index is 0. The highest BCUT2D eigenvalue weighted by Crippen LogP contribution is 2.32. The number of rotatable bonds is 6. The average molecular weight is 337 g/mol. The molecule has 0 fully saturated rings. The normalized spacial score (nSPS) is 10.2. The molecule has 110 valence electrons. The van der Waals surface area contributed by atoms with Crippen LogP contribution in [0.1, 0.15) is 18.2 Å². The number of hydrogen-bond donors (Lipinski definition) is 1. The average Bonchev–Trinajstić information content (AvgIpc) is 2.86. The zero-order valence-electron chi connectivity index (χ0n) is 11.0. The summed E-state index contributed by atoms with van der Waals surface area (Å²) < 4.78 is 10.8. The molecular weight excluding hydrogens is 321 g/mol. The van der Waals surface area contributed by atoms with E-state index in [0.29, 0.717) is 35.5 Å². The van der Waals surface area contributed by atoms with Crippen molar-refractivity contribution in [1.29, 1.82) is 0 Å². The molecule has 6 heteroatoms. The van der Waals surface area contributed by atoms with Crippen molar-refractivity contribution in [1.82, 2.24) is 5.32 Å². The molecule has 0 unspecified atom stereocenters. The lowest BCUT2D eigenvalue weighted by molar-refractivity contribution is 0.335. The van der Waals surface area contributed by atoms with Crippen molar-refractivity contribution in [2.45, 2.75) is 20.0 Å². The number of halogens is 3. The van der Waals surface area contributed by atoms with Gasteiger partial charge in [-0.1, -0.05) is 23.2 Å². The molecule has 1 aromatic heterocycles. The van der Waals surface area contributed by atoms with Gasteiger partial charge >= 0.3 is 0 Å². The van der Waals surface area contributed by atoms with Crippen molar-refractivity contribution >= 4 is 35.6 Å². The summed E-state index contributed by atoms with van der Waals surface area (Å²) in [6.07, 6.45) is 1.65. The Morgan fingerprint density at radius 3 is 2.70 bits per heavy atom. The summed E-state index contributed by atoms with van der Waals surface area (Å²) in [5, 5.41) is 4.40. The van der Waals surface area contributed by atoms with Crippen molar-refractivity contribution in [3.8, 4) is 5.75 Å². The molecule has 0 aliphatic rings. The van der Waals surface area contributed by atoms with Crippen LogP contribution in [0, 0.1) is 0 Å². The van der Waals surface area contributed by atoms with Crippen molar-refractivity contribution in [2.75, 3.05) is 6.61 Å². The summed E-state index contributed by atoms with van der Waals surface area (Å²) in [7, 11) is 0. The number of ether oxygens (including phenoxy) is 1. The van der Waals surface area contributed by atoms with E-state index in [1.54, 1.807) is 12.3 Å². The van der Waals surface area contributed by atoms with Gasteiger partial charge in [0.2, 0.25) is 0 Å². The van der Waals surface area contributed by atoms with E-state index in [9.17, 15) is 0 Å². The predicted molar refractivity (Wildman–Crippen MR) is 84.1 cm³/mol. The van der Waals surface area contributed by atoms with E-state index in [4.69, 9.17) is 32.4 Å². The highest BCUT2D eigenvalue weighted by molar-refractivity contribution is 6.35. The first-order chi connectivity index (χ1) is 9.20. The summed E-state index contributed by atoms with van der Waals surface area (Å²) in [6, 6.07) is 7.32. The number of nitrogens with one attached hydrogen (secondary N) is 1. The number of benzene rings is 1. The first-order valence-electron chi connectivity index (χ1n) is 6.04. The van der Waals surface area contributed by atoms with Crippen LogP contribution >= 0.6 is 35.6 Å². The molecule has 20 heavy (non-hydrogen) atoms. The topological polar surface area (TPSA) is 34.4 Å². The summed E-state index contributed by atoms with van der Waals surface area (Å²) >= 11 is 12.2. The van der Waals surface area contributed by atoms with Crippen molar-refractivity contribution in [2.24, 2.45) is 0 Å². The lowest BCUT2D eigenvalue weighted by atomic mass is 10.2. The van der Waals surface area contributed by atoms with Gasteiger partial charge < -0.3 is 14.5 Å². The zero-order valence-corrected chi connectivity index (χ0v) is 13.3. The molecule has 0 radical (unpaired) electrons. The molecule has 3 nitrogen and oxygen atoms in total. The summed E-state index contributed by atoms with van der Waals surface area (Å²) in [5.74, 6) is 1.56. The van der Waals surface area contributed by atoms with E-state index in [0.717, 1.165) is 11.3 Å². The molecule has 1 aromatic carbocycles. The maximum atomic E-state index is 6.14. The minimum absolute atomic E-state index is 0. The molecule has 2 rings (SSSR count). The maximum absolute atomic E-state index is 6.14. The Kier molecular flexibility index (Phi) is 7.24. The highest BCUT2D eigenvalue weighted by atomic mass is 35.5. The van der Waals surface area contributed by atoms with E-state index in [1.165, 1.54) is 0 Å². The molecule has 0 aliphatic carbocycles. The molecule has 0 bridgehead atoms. The fraction of sp³-hybridized carbons (Fsp3) is 0.286. The van der Waals surface area contributed by atoms with E-state index >= 15 is 0 Å². The fourth-order valence-electron chi connectivity index (χ4n) is 1.78. The third kappa shape index (κ3) is 4.60. The Morgan fingerprint density at radius 1 is 1.25 bits per heavy atom. The minimum Gasteiger partial charge on any atom is -0.492 e. The van der Waals surface area contributed by atoms with Gasteiger partial charge in [0.05, 0.1) is 24.4 Å². The van der Waals surface area contributed by atoms with E-state index in [-0.39, 0.29) is 12.4 Å². The Balaban J connectivity index is 0.00000200. The number of hydrogen-bond acceptors (Lipinski definition) is 3. The van der Waals surface area contributed by atoms with Gasteiger partial charge in [0.1, 0.15) is 11.5 Å². The third-order valence-electron chi connectivity index (χ3n) is 2.57. The first-order valence-corrected chi connectivity index (χ1v) is 6.80. The van der Waals surface area contributed by atoms with Crippen LogP contribution < -0.4 is 10.1 Å². The van der Waals surface area contributed by atoms with Gasteiger partial charge in [-0.3, -0.25) is 0 Å². The lowest BCUT2D eigenvalue weighted by Gasteiger charge is -2.13. The van der Waals surface area contributed by atoms with Gasteiger partial charge in [-0.2, -0.15) is 0 Å². The quantitative estimate of drug-likeness (QED) is 0.830. The van der Waals surface area contributed by atoms with Crippen molar-refractivity contribution in [3.05, 3.63) is 51.9 Å². The van der Waals surface area contributed by atoms with Crippen LogP contribution in [-0.4, -0.2) is 6.61 Å². The SMILES string of the molecule is CCOc1c(Cl)cc(Cl)cc1CNCc1ccco1.Cl. The van der Waals surface area contributed by atoms with Gasteiger partial charge in [-0.25, -0.2) is 0 Å². The maximum Gasteiger partial charge on any atom is 0.142 e. The standard InChI is InChI=1S/C14H15Cl2NO2.ClH/c1-2-18-14-10(6-11(15)7-13(14)16)8-17-9-12-4-3-5-19-12;/h3-7,17H,2,8-9H2,1H3;1H. The summed E-state index contributed by atoms with van der Waals surface area (Å²) in [6.45, 7) is 3.73. The van der Waals surface area contributed by atoms with Gasteiger partial charge in [-0.05, 0) is 31.2 Å². The van der Waals surface area contributed by atoms with Crippen LogP contribution in [-0.2, 0) is 13.1 Å². The molecule has 0 saturated carbocycles. The first kappa shape index (κ1) is 17.2. The molecule has 0 amide bonds. The molecule has 2 aromatic rings. The molecule has 0 atom stereocenters. The predicted octanol–water partition coefficient (Wildman–Crippen LogP) is 4.70. The fourth-order valence-corrected chi connectivity index (χ4v) is 2.37. The molecule has 0 spiro atoms. The largest absolute Gasteiger partial charge is 0.492 e. The van der Waals surface area contributed by atoms with Gasteiger partial charge in [0.15, 0.2) is 0 Å². The van der Waals surface area contributed by atoms with Crippen LogP contribution in [0.3, 0.4) is 0 Å². The Hall–Kier alpha value is -0.870. The van der Waals surface area contributed by atoms with Gasteiger partial charge in [0, 0.05) is 17.1 Å². The lowest BCUT2D eigenvalue weighted by Crippen LogP contribution is -2.13. The Morgan fingerprint density at radius 2 is 2.05 bits per heavy atom. The Labute approximate surface area is 134 Å².